The van der Waals surface area contributed by atoms with Crippen LogP contribution in [-0.2, 0) is 9.53 Å². The first kappa shape index (κ1) is 15.6. The van der Waals surface area contributed by atoms with Crippen LogP contribution in [0.3, 0.4) is 0 Å². The van der Waals surface area contributed by atoms with Gasteiger partial charge in [0.1, 0.15) is 0 Å². The Morgan fingerprint density at radius 1 is 1.57 bits per heavy atom. The van der Waals surface area contributed by atoms with Gasteiger partial charge in [0, 0.05) is 12.7 Å². The quantitative estimate of drug-likeness (QED) is 0.336. The summed E-state index contributed by atoms with van der Waals surface area (Å²) in [5.41, 5.74) is 6.12. The largest absolute Gasteiger partial charge is 0.409 e. The summed E-state index contributed by atoms with van der Waals surface area (Å²) < 4.78 is 5.42. The average molecular weight is 312 g/mol. The molecule has 0 spiro atoms. The van der Waals surface area contributed by atoms with E-state index in [0.717, 1.165) is 19.3 Å². The number of halogens is 1. The molecule has 114 valence electrons. The minimum absolute atomic E-state index is 0.0393. The monoisotopic (exact) mass is 311 g/mol. The minimum atomic E-state index is -0.329. The van der Waals surface area contributed by atoms with Crippen LogP contribution in [0.4, 0.5) is 5.69 Å². The van der Waals surface area contributed by atoms with Gasteiger partial charge in [-0.3, -0.25) is 4.79 Å². The zero-order valence-electron chi connectivity index (χ0n) is 11.7. The van der Waals surface area contributed by atoms with Crippen LogP contribution in [0.1, 0.15) is 31.2 Å². The number of benzene rings is 1. The number of carbonyl (C=O) groups is 1. The van der Waals surface area contributed by atoms with Crippen LogP contribution in [0.2, 0.25) is 5.02 Å². The van der Waals surface area contributed by atoms with Crippen molar-refractivity contribution in [3.8, 4) is 0 Å². The van der Waals surface area contributed by atoms with Gasteiger partial charge in [0.15, 0.2) is 5.84 Å². The lowest BCUT2D eigenvalue weighted by atomic mass is 9.77. The standard InChI is InChI=1S/C14H18ClN3O3/c1-21-14(5-2-6-14)8-12(19)17-11-4-3-9(7-10(11)15)13(16)18-20/h3-4,7,20H,2,5-6,8H2,1H3,(H2,16,18)(H,17,19). The number of nitrogens with zero attached hydrogens (tertiary/aromatic N) is 1. The van der Waals surface area contributed by atoms with Crippen LogP contribution < -0.4 is 11.1 Å². The third kappa shape index (κ3) is 3.46. The van der Waals surface area contributed by atoms with Crippen LogP contribution in [0.15, 0.2) is 23.4 Å². The Labute approximate surface area is 127 Å². The molecular weight excluding hydrogens is 294 g/mol. The Morgan fingerprint density at radius 2 is 2.29 bits per heavy atom. The Hall–Kier alpha value is -1.79. The second-order valence-corrected chi connectivity index (χ2v) is 5.55. The molecule has 1 aliphatic rings. The van der Waals surface area contributed by atoms with Crippen molar-refractivity contribution >= 4 is 29.0 Å². The predicted molar refractivity (Wildman–Crippen MR) is 80.8 cm³/mol. The second-order valence-electron chi connectivity index (χ2n) is 5.15. The summed E-state index contributed by atoms with van der Waals surface area (Å²) in [7, 11) is 1.63. The number of hydrogen-bond acceptors (Lipinski definition) is 4. The van der Waals surface area contributed by atoms with Gasteiger partial charge in [0.25, 0.3) is 0 Å². The molecule has 4 N–H and O–H groups in total. The summed E-state index contributed by atoms with van der Waals surface area (Å²) in [6, 6.07) is 4.77. The van der Waals surface area contributed by atoms with Crippen LogP contribution in [0.25, 0.3) is 0 Å². The van der Waals surface area contributed by atoms with Crippen molar-refractivity contribution in [2.24, 2.45) is 10.9 Å². The maximum atomic E-state index is 12.1. The zero-order chi connectivity index (χ0) is 15.5. The number of oxime groups is 1. The van der Waals surface area contributed by atoms with Crippen LogP contribution >= 0.6 is 11.6 Å². The van der Waals surface area contributed by atoms with Crippen molar-refractivity contribution in [3.63, 3.8) is 0 Å². The molecular formula is C14H18ClN3O3. The van der Waals surface area contributed by atoms with E-state index in [1.807, 2.05) is 0 Å². The van der Waals surface area contributed by atoms with Gasteiger partial charge >= 0.3 is 0 Å². The first-order valence-corrected chi connectivity index (χ1v) is 7.00. The van der Waals surface area contributed by atoms with Crippen LogP contribution in [0, 0.1) is 0 Å². The number of nitrogens with two attached hydrogens (primary N) is 1. The highest BCUT2D eigenvalue weighted by Crippen LogP contribution is 2.38. The molecule has 0 atom stereocenters. The predicted octanol–water partition coefficient (Wildman–Crippen LogP) is 2.33. The maximum Gasteiger partial charge on any atom is 0.227 e. The molecule has 2 rings (SSSR count). The van der Waals surface area contributed by atoms with E-state index < -0.39 is 0 Å². The molecule has 1 aromatic carbocycles. The maximum absolute atomic E-state index is 12.1. The summed E-state index contributed by atoms with van der Waals surface area (Å²) >= 11 is 6.09. The Balaban J connectivity index is 2.04. The van der Waals surface area contributed by atoms with Gasteiger partial charge in [-0.15, -0.1) is 0 Å². The first-order chi connectivity index (χ1) is 9.99. The molecule has 1 amide bonds. The highest BCUT2D eigenvalue weighted by molar-refractivity contribution is 6.34. The molecule has 0 bridgehead atoms. The number of hydrogen-bond donors (Lipinski definition) is 3. The summed E-state index contributed by atoms with van der Waals surface area (Å²) in [6.45, 7) is 0. The van der Waals surface area contributed by atoms with Gasteiger partial charge < -0.3 is 21.0 Å². The van der Waals surface area contributed by atoms with E-state index in [2.05, 4.69) is 10.5 Å². The summed E-state index contributed by atoms with van der Waals surface area (Å²) in [5.74, 6) is -0.183. The lowest BCUT2D eigenvalue weighted by Crippen LogP contribution is -2.42. The Bertz CT molecular complexity index is 565. The van der Waals surface area contributed by atoms with Gasteiger partial charge in [0.2, 0.25) is 5.91 Å². The van der Waals surface area contributed by atoms with Crippen molar-refractivity contribution in [2.45, 2.75) is 31.3 Å². The van der Waals surface area contributed by atoms with Gasteiger partial charge in [-0.2, -0.15) is 0 Å². The molecule has 0 heterocycles. The number of anilines is 1. The fourth-order valence-corrected chi connectivity index (χ4v) is 2.57. The number of rotatable bonds is 5. The molecule has 0 saturated heterocycles. The molecule has 0 unspecified atom stereocenters. The van der Waals surface area contributed by atoms with E-state index in [0.29, 0.717) is 22.7 Å². The van der Waals surface area contributed by atoms with Crippen LogP contribution in [-0.4, -0.2) is 29.7 Å². The molecule has 0 aromatic heterocycles. The first-order valence-electron chi connectivity index (χ1n) is 6.62. The van der Waals surface area contributed by atoms with Crippen molar-refractivity contribution in [2.75, 3.05) is 12.4 Å². The average Bonchev–Trinajstić information content (AvgIpc) is 2.44. The summed E-state index contributed by atoms with van der Waals surface area (Å²) in [4.78, 5) is 12.1. The Morgan fingerprint density at radius 3 is 2.76 bits per heavy atom. The van der Waals surface area contributed by atoms with E-state index in [-0.39, 0.29) is 17.3 Å². The number of carbonyl (C=O) groups excluding carboxylic acids is 1. The van der Waals surface area contributed by atoms with Crippen LogP contribution in [0.5, 0.6) is 0 Å². The van der Waals surface area contributed by atoms with Crippen molar-refractivity contribution in [3.05, 3.63) is 28.8 Å². The van der Waals surface area contributed by atoms with Crippen molar-refractivity contribution in [1.29, 1.82) is 0 Å². The fourth-order valence-electron chi connectivity index (χ4n) is 2.34. The molecule has 21 heavy (non-hydrogen) atoms. The van der Waals surface area contributed by atoms with Gasteiger partial charge in [-0.1, -0.05) is 16.8 Å². The number of amides is 1. The normalized spacial score (nSPS) is 17.1. The smallest absolute Gasteiger partial charge is 0.227 e. The molecule has 0 radical (unpaired) electrons. The molecule has 6 nitrogen and oxygen atoms in total. The number of methoxy groups -OCH3 is 1. The highest BCUT2D eigenvalue weighted by Gasteiger charge is 2.39. The fraction of sp³-hybridized carbons (Fsp3) is 0.429. The number of ether oxygens (including phenoxy) is 1. The van der Waals surface area contributed by atoms with E-state index >= 15 is 0 Å². The third-order valence-corrected chi connectivity index (χ3v) is 4.14. The number of amidine groups is 1. The molecule has 1 saturated carbocycles. The highest BCUT2D eigenvalue weighted by atomic mass is 35.5. The summed E-state index contributed by atoms with van der Waals surface area (Å²) in [6.07, 6.45) is 3.18. The van der Waals surface area contributed by atoms with E-state index in [1.165, 1.54) is 6.07 Å². The molecule has 1 fully saturated rings. The Kier molecular flexibility index (Phi) is 4.69. The van der Waals surface area contributed by atoms with Gasteiger partial charge in [-0.25, -0.2) is 0 Å². The minimum Gasteiger partial charge on any atom is -0.409 e. The molecule has 7 heteroatoms. The number of nitrogens with one attached hydrogen (secondary N) is 1. The molecule has 0 aliphatic heterocycles. The van der Waals surface area contributed by atoms with E-state index in [9.17, 15) is 4.79 Å². The summed E-state index contributed by atoms with van der Waals surface area (Å²) in [5, 5.41) is 14.6. The van der Waals surface area contributed by atoms with E-state index in [1.54, 1.807) is 19.2 Å². The van der Waals surface area contributed by atoms with E-state index in [4.69, 9.17) is 27.3 Å². The lowest BCUT2D eigenvalue weighted by Gasteiger charge is -2.39. The van der Waals surface area contributed by atoms with Crippen molar-refractivity contribution < 1.29 is 14.7 Å². The van der Waals surface area contributed by atoms with Gasteiger partial charge in [0.05, 0.1) is 22.7 Å². The molecule has 1 aromatic rings. The second kappa shape index (κ2) is 6.32. The topological polar surface area (TPSA) is 96.9 Å². The third-order valence-electron chi connectivity index (χ3n) is 3.83. The van der Waals surface area contributed by atoms with Crippen molar-refractivity contribution in [1.82, 2.24) is 0 Å². The van der Waals surface area contributed by atoms with Gasteiger partial charge in [-0.05, 0) is 37.5 Å². The lowest BCUT2D eigenvalue weighted by molar-refractivity contribution is -0.129. The zero-order valence-corrected chi connectivity index (χ0v) is 12.5. The molecule has 1 aliphatic carbocycles. The SMILES string of the molecule is COC1(CC(=O)Nc2ccc(/C(N)=N/O)cc2Cl)CCC1.